The van der Waals surface area contributed by atoms with E-state index < -0.39 is 11.9 Å². The van der Waals surface area contributed by atoms with E-state index in [9.17, 15) is 9.18 Å². The molecule has 0 heterocycles. The molecule has 1 amide bonds. The number of carbonyl (C=O) groups excluding carboxylic acids is 1. The van der Waals surface area contributed by atoms with Gasteiger partial charge >= 0.3 is 6.09 Å². The van der Waals surface area contributed by atoms with Gasteiger partial charge in [0.15, 0.2) is 0 Å². The summed E-state index contributed by atoms with van der Waals surface area (Å²) in [5.74, 6) is -2.29. The molecule has 0 saturated carbocycles. The van der Waals surface area contributed by atoms with Crippen LogP contribution in [0.5, 0.6) is 0 Å². The summed E-state index contributed by atoms with van der Waals surface area (Å²) in [4.78, 5) is 10.6. The van der Waals surface area contributed by atoms with Crippen molar-refractivity contribution in [3.8, 4) is 0 Å². The Morgan fingerprint density at radius 2 is 2.13 bits per heavy atom. The van der Waals surface area contributed by atoms with Crippen molar-refractivity contribution in [2.24, 2.45) is 11.7 Å². The predicted octanol–water partition coefficient (Wildman–Crippen LogP) is 3.34. The van der Waals surface area contributed by atoms with Gasteiger partial charge in [-0.25, -0.2) is 4.79 Å². The van der Waals surface area contributed by atoms with Crippen LogP contribution in [0.1, 0.15) is 26.2 Å². The topological polar surface area (TPSA) is 52.3 Å². The zero-order valence-corrected chi connectivity index (χ0v) is 11.8. The normalized spacial score (nSPS) is 16.8. The number of ether oxygens (including phenoxy) is 1. The van der Waals surface area contributed by atoms with E-state index in [1.54, 1.807) is 0 Å². The van der Waals surface area contributed by atoms with Crippen molar-refractivity contribution in [2.75, 3.05) is 10.7 Å². The van der Waals surface area contributed by atoms with Gasteiger partial charge < -0.3 is 10.5 Å². The monoisotopic (exact) mass is 347 g/mol. The van der Waals surface area contributed by atoms with Crippen LogP contribution in [0.3, 0.4) is 0 Å². The molecule has 2 unspecified atom stereocenters. The van der Waals surface area contributed by atoms with Gasteiger partial charge in [0.25, 0.3) is 5.85 Å². The fourth-order valence-electron chi connectivity index (χ4n) is 1.49. The molecule has 0 aliphatic carbocycles. The lowest BCUT2D eigenvalue weighted by Crippen LogP contribution is -2.40. The summed E-state index contributed by atoms with van der Waals surface area (Å²) < 4.78 is 18.9. The van der Waals surface area contributed by atoms with Crippen LogP contribution in [0.2, 0.25) is 0 Å². The first-order valence-electron chi connectivity index (χ1n) is 4.79. The summed E-state index contributed by atoms with van der Waals surface area (Å²) in [6, 6.07) is 0. The fourth-order valence-corrected chi connectivity index (χ4v) is 2.58. The van der Waals surface area contributed by atoms with E-state index in [0.29, 0.717) is 23.5 Å². The minimum Gasteiger partial charge on any atom is -0.412 e. The number of primary amides is 1. The van der Waals surface area contributed by atoms with Gasteiger partial charge in [-0.3, -0.25) is 0 Å². The molecule has 0 aliphatic rings. The molecule has 90 valence electrons. The summed E-state index contributed by atoms with van der Waals surface area (Å²) >= 11 is 6.39. The van der Waals surface area contributed by atoms with E-state index in [4.69, 9.17) is 5.73 Å². The van der Waals surface area contributed by atoms with E-state index in [-0.39, 0.29) is 12.3 Å². The minimum atomic E-state index is -1.96. The number of alkyl halides is 3. The molecular weight excluding hydrogens is 333 g/mol. The van der Waals surface area contributed by atoms with E-state index in [1.165, 1.54) is 0 Å². The highest BCUT2D eigenvalue weighted by molar-refractivity contribution is 9.09. The van der Waals surface area contributed by atoms with Crippen LogP contribution in [0, 0.1) is 5.92 Å². The molecule has 0 rings (SSSR count). The first kappa shape index (κ1) is 15.2. The average Bonchev–Trinajstić information content (AvgIpc) is 2.12. The summed E-state index contributed by atoms with van der Waals surface area (Å²) in [6.07, 6.45) is 0.253. The van der Waals surface area contributed by atoms with Crippen LogP contribution < -0.4 is 5.73 Å². The molecule has 0 bridgehead atoms. The van der Waals surface area contributed by atoms with Crippen LogP contribution in [0.25, 0.3) is 0 Å². The maximum atomic E-state index is 14.3. The van der Waals surface area contributed by atoms with Gasteiger partial charge in [0.2, 0.25) is 0 Å². The lowest BCUT2D eigenvalue weighted by molar-refractivity contribution is -0.138. The van der Waals surface area contributed by atoms with E-state index >= 15 is 0 Å². The highest BCUT2D eigenvalue weighted by Gasteiger charge is 2.40. The smallest absolute Gasteiger partial charge is 0.407 e. The van der Waals surface area contributed by atoms with Crippen molar-refractivity contribution in [2.45, 2.75) is 32.0 Å². The van der Waals surface area contributed by atoms with Crippen LogP contribution in [0.4, 0.5) is 9.18 Å². The molecular formula is C9H16Br2FNO2. The van der Waals surface area contributed by atoms with Crippen LogP contribution in [-0.4, -0.2) is 22.6 Å². The van der Waals surface area contributed by atoms with E-state index in [1.807, 2.05) is 6.92 Å². The molecule has 0 aromatic carbocycles. The predicted molar refractivity (Wildman–Crippen MR) is 65.1 cm³/mol. The Hall–Kier alpha value is 0.160. The third-order valence-corrected chi connectivity index (χ3v) is 3.12. The first-order chi connectivity index (χ1) is 7.00. The third kappa shape index (κ3) is 5.15. The largest absolute Gasteiger partial charge is 0.412 e. The molecule has 0 spiro atoms. The molecule has 0 aromatic heterocycles. The van der Waals surface area contributed by atoms with Gasteiger partial charge in [-0.05, 0) is 12.8 Å². The number of halogens is 3. The maximum Gasteiger partial charge on any atom is 0.407 e. The third-order valence-electron chi connectivity index (χ3n) is 2.27. The molecule has 15 heavy (non-hydrogen) atoms. The molecule has 0 radical (unpaired) electrons. The van der Waals surface area contributed by atoms with Gasteiger partial charge in [-0.2, -0.15) is 4.39 Å². The van der Waals surface area contributed by atoms with E-state index in [2.05, 4.69) is 36.6 Å². The van der Waals surface area contributed by atoms with Crippen molar-refractivity contribution >= 4 is 38.0 Å². The lowest BCUT2D eigenvalue weighted by Gasteiger charge is -2.31. The van der Waals surface area contributed by atoms with Crippen LogP contribution in [0.15, 0.2) is 0 Å². The van der Waals surface area contributed by atoms with Gasteiger partial charge in [-0.15, -0.1) is 0 Å². The van der Waals surface area contributed by atoms with Crippen molar-refractivity contribution in [3.05, 3.63) is 0 Å². The molecule has 2 atom stereocenters. The molecule has 0 aromatic rings. The highest BCUT2D eigenvalue weighted by atomic mass is 79.9. The number of rotatable bonds is 7. The quantitative estimate of drug-likeness (QED) is 0.717. The van der Waals surface area contributed by atoms with Crippen LogP contribution in [-0.2, 0) is 4.74 Å². The lowest BCUT2D eigenvalue weighted by atomic mass is 9.92. The van der Waals surface area contributed by atoms with Crippen molar-refractivity contribution < 1.29 is 13.9 Å². The number of hydrogen-bond donors (Lipinski definition) is 1. The number of hydrogen-bond acceptors (Lipinski definition) is 2. The average molecular weight is 349 g/mol. The van der Waals surface area contributed by atoms with Gasteiger partial charge in [0.1, 0.15) is 0 Å². The molecule has 3 nitrogen and oxygen atoms in total. The molecule has 2 N–H and O–H groups in total. The Balaban J connectivity index is 4.62. The van der Waals surface area contributed by atoms with E-state index in [0.717, 1.165) is 0 Å². The van der Waals surface area contributed by atoms with Crippen molar-refractivity contribution in [3.63, 3.8) is 0 Å². The Labute approximate surface area is 106 Å². The number of carbonyl (C=O) groups is 1. The van der Waals surface area contributed by atoms with Crippen molar-refractivity contribution in [1.82, 2.24) is 0 Å². The summed E-state index contributed by atoms with van der Waals surface area (Å²) in [7, 11) is 0. The maximum absolute atomic E-state index is 14.3. The summed E-state index contributed by atoms with van der Waals surface area (Å²) in [5, 5.41) is 1.09. The molecule has 0 saturated heterocycles. The SMILES string of the molecule is CCC(CCBr)C(F)(CCBr)OC(N)=O. The van der Waals surface area contributed by atoms with Crippen molar-refractivity contribution in [1.29, 1.82) is 0 Å². The highest BCUT2D eigenvalue weighted by Crippen LogP contribution is 2.34. The second-order valence-electron chi connectivity index (χ2n) is 3.23. The number of amides is 1. The second-order valence-corrected chi connectivity index (χ2v) is 4.82. The fraction of sp³-hybridized carbons (Fsp3) is 0.889. The Bertz CT molecular complexity index is 207. The molecule has 0 aliphatic heterocycles. The molecule has 0 fully saturated rings. The number of nitrogens with two attached hydrogens (primary N) is 1. The zero-order valence-electron chi connectivity index (χ0n) is 8.64. The Kier molecular flexibility index (Phi) is 7.52. The first-order valence-corrected chi connectivity index (χ1v) is 7.03. The van der Waals surface area contributed by atoms with Gasteiger partial charge in [0.05, 0.1) is 0 Å². The minimum absolute atomic E-state index is 0.113. The summed E-state index contributed by atoms with van der Waals surface area (Å²) in [5.41, 5.74) is 4.87. The zero-order chi connectivity index (χ0) is 11.9. The van der Waals surface area contributed by atoms with Gasteiger partial charge in [-0.1, -0.05) is 38.8 Å². The molecule has 6 heteroatoms. The standard InChI is InChI=1S/C9H16Br2FNO2/c1-2-7(3-5-10)9(12,4-6-11)15-8(13)14/h7H,2-6H2,1H3,(H2,13,14). The van der Waals surface area contributed by atoms with Gasteiger partial charge in [0, 0.05) is 23.0 Å². The Morgan fingerprint density at radius 1 is 1.53 bits per heavy atom. The second kappa shape index (κ2) is 7.44. The summed E-state index contributed by atoms with van der Waals surface area (Å²) in [6.45, 7) is 1.86. The van der Waals surface area contributed by atoms with Crippen LogP contribution >= 0.6 is 31.9 Å². The Morgan fingerprint density at radius 3 is 2.47 bits per heavy atom.